The van der Waals surface area contributed by atoms with Gasteiger partial charge in [0.25, 0.3) is 0 Å². The van der Waals surface area contributed by atoms with Crippen molar-refractivity contribution in [3.05, 3.63) is 22.4 Å². The zero-order valence-corrected chi connectivity index (χ0v) is 10.8. The van der Waals surface area contributed by atoms with Gasteiger partial charge in [-0.1, -0.05) is 32.3 Å². The molecule has 0 aromatic carbocycles. The van der Waals surface area contributed by atoms with Crippen LogP contribution in [0.25, 0.3) is 0 Å². The van der Waals surface area contributed by atoms with Crippen molar-refractivity contribution in [2.75, 3.05) is 0 Å². The number of carbonyl (C=O) groups excluding carboxylic acids is 1. The Hall–Kier alpha value is -0.630. The summed E-state index contributed by atoms with van der Waals surface area (Å²) in [5, 5.41) is 2.00. The molecule has 2 rings (SSSR count). The molecule has 1 nitrogen and oxygen atoms in total. The fraction of sp³-hybridized carbons (Fsp3) is 0.643. The molecule has 0 amide bonds. The summed E-state index contributed by atoms with van der Waals surface area (Å²) in [5.74, 6) is 1.32. The predicted molar refractivity (Wildman–Crippen MR) is 69.0 cm³/mol. The fourth-order valence-electron chi connectivity index (χ4n) is 2.87. The number of Topliss-reactive ketones (excluding diaryl/α,β-unsaturated/α-hetero) is 1. The van der Waals surface area contributed by atoms with Crippen LogP contribution < -0.4 is 0 Å². The third-order valence-electron chi connectivity index (χ3n) is 3.76. The van der Waals surface area contributed by atoms with E-state index in [-0.39, 0.29) is 5.92 Å². The van der Waals surface area contributed by atoms with E-state index in [4.69, 9.17) is 0 Å². The van der Waals surface area contributed by atoms with Gasteiger partial charge >= 0.3 is 0 Å². The first-order valence-electron chi connectivity index (χ1n) is 6.40. The van der Waals surface area contributed by atoms with Gasteiger partial charge in [-0.05, 0) is 36.6 Å². The maximum Gasteiger partial charge on any atom is 0.176 e. The van der Waals surface area contributed by atoms with Gasteiger partial charge in [-0.15, -0.1) is 11.3 Å². The molecule has 1 unspecified atom stereocenters. The van der Waals surface area contributed by atoms with E-state index in [0.717, 1.165) is 11.3 Å². The molecular formula is C14H20OS. The number of ketones is 1. The van der Waals surface area contributed by atoms with E-state index in [1.165, 1.54) is 32.1 Å². The highest BCUT2D eigenvalue weighted by atomic mass is 32.1. The molecule has 0 spiro atoms. The minimum absolute atomic E-state index is 0.277. The van der Waals surface area contributed by atoms with E-state index in [1.54, 1.807) is 11.3 Å². The van der Waals surface area contributed by atoms with Gasteiger partial charge in [-0.3, -0.25) is 4.79 Å². The van der Waals surface area contributed by atoms with Gasteiger partial charge in [0.2, 0.25) is 0 Å². The molecule has 0 saturated heterocycles. The molecule has 1 aromatic rings. The molecule has 0 bridgehead atoms. The highest BCUT2D eigenvalue weighted by molar-refractivity contribution is 7.12. The minimum Gasteiger partial charge on any atom is -0.293 e. The number of carbonyl (C=O) groups is 1. The first-order valence-corrected chi connectivity index (χ1v) is 7.28. The molecule has 1 atom stereocenters. The third kappa shape index (κ3) is 2.54. The average Bonchev–Trinajstić information content (AvgIpc) is 2.85. The van der Waals surface area contributed by atoms with Crippen LogP contribution in [0.5, 0.6) is 0 Å². The van der Waals surface area contributed by atoms with Crippen molar-refractivity contribution in [1.29, 1.82) is 0 Å². The Morgan fingerprint density at radius 3 is 2.75 bits per heavy atom. The maximum atomic E-state index is 12.3. The van der Waals surface area contributed by atoms with E-state index in [2.05, 4.69) is 6.92 Å². The van der Waals surface area contributed by atoms with Crippen LogP contribution in [0.15, 0.2) is 17.5 Å². The first-order chi connectivity index (χ1) is 7.83. The van der Waals surface area contributed by atoms with Gasteiger partial charge in [-0.2, -0.15) is 0 Å². The Morgan fingerprint density at radius 1 is 1.44 bits per heavy atom. The van der Waals surface area contributed by atoms with E-state index in [1.807, 2.05) is 17.5 Å². The van der Waals surface area contributed by atoms with Crippen LogP contribution in [0.4, 0.5) is 0 Å². The van der Waals surface area contributed by atoms with Crippen molar-refractivity contribution < 1.29 is 4.79 Å². The van der Waals surface area contributed by atoms with Gasteiger partial charge < -0.3 is 0 Å². The lowest BCUT2D eigenvalue weighted by Crippen LogP contribution is -2.24. The fourth-order valence-corrected chi connectivity index (χ4v) is 3.60. The molecule has 0 N–H and O–H groups in total. The first kappa shape index (κ1) is 11.8. The van der Waals surface area contributed by atoms with E-state index < -0.39 is 0 Å². The molecule has 1 fully saturated rings. The third-order valence-corrected chi connectivity index (χ3v) is 4.64. The molecule has 1 saturated carbocycles. The summed E-state index contributed by atoms with van der Waals surface area (Å²) in [6.45, 7) is 2.16. The minimum atomic E-state index is 0.277. The number of hydrogen-bond donors (Lipinski definition) is 0. The van der Waals surface area contributed by atoms with Gasteiger partial charge in [0.05, 0.1) is 4.88 Å². The van der Waals surface area contributed by atoms with Crippen molar-refractivity contribution in [2.45, 2.75) is 45.4 Å². The monoisotopic (exact) mass is 236 g/mol. The van der Waals surface area contributed by atoms with Gasteiger partial charge in [0.1, 0.15) is 0 Å². The second kappa shape index (κ2) is 5.62. The van der Waals surface area contributed by atoms with Crippen LogP contribution in [0.3, 0.4) is 0 Å². The lowest BCUT2D eigenvalue weighted by Gasteiger charge is -2.28. The summed E-state index contributed by atoms with van der Waals surface area (Å²) >= 11 is 1.59. The Labute approximate surface area is 102 Å². The number of rotatable bonds is 4. The van der Waals surface area contributed by atoms with Gasteiger partial charge in [0.15, 0.2) is 5.78 Å². The molecular weight excluding hydrogens is 216 g/mol. The molecule has 16 heavy (non-hydrogen) atoms. The average molecular weight is 236 g/mol. The Morgan fingerprint density at radius 2 is 2.19 bits per heavy atom. The van der Waals surface area contributed by atoms with Crippen molar-refractivity contribution >= 4 is 17.1 Å². The summed E-state index contributed by atoms with van der Waals surface area (Å²) in [6, 6.07) is 3.95. The molecule has 1 aliphatic carbocycles. The normalized spacial score (nSPS) is 19.6. The van der Waals surface area contributed by atoms with Crippen LogP contribution in [-0.4, -0.2) is 5.78 Å². The van der Waals surface area contributed by atoms with E-state index in [9.17, 15) is 4.79 Å². The SMILES string of the molecule is CCC(C(=O)c1cccs1)C1CCCCC1. The summed E-state index contributed by atoms with van der Waals surface area (Å²) in [6.07, 6.45) is 7.52. The van der Waals surface area contributed by atoms with Crippen molar-refractivity contribution in [2.24, 2.45) is 11.8 Å². The zero-order chi connectivity index (χ0) is 11.4. The Bertz CT molecular complexity index is 323. The summed E-state index contributed by atoms with van der Waals surface area (Å²) < 4.78 is 0. The maximum absolute atomic E-state index is 12.3. The van der Waals surface area contributed by atoms with Crippen LogP contribution in [0.2, 0.25) is 0 Å². The van der Waals surface area contributed by atoms with Gasteiger partial charge in [-0.25, -0.2) is 0 Å². The number of thiophene rings is 1. The highest BCUT2D eigenvalue weighted by Gasteiger charge is 2.28. The Kier molecular flexibility index (Phi) is 4.16. The summed E-state index contributed by atoms with van der Waals surface area (Å²) in [5.41, 5.74) is 0. The molecule has 1 heterocycles. The standard InChI is InChI=1S/C14H20OS/c1-2-12(11-7-4-3-5-8-11)14(15)13-9-6-10-16-13/h6,9-12H,2-5,7-8H2,1H3. The van der Waals surface area contributed by atoms with Crippen molar-refractivity contribution in [3.8, 4) is 0 Å². The largest absolute Gasteiger partial charge is 0.293 e. The number of hydrogen-bond acceptors (Lipinski definition) is 2. The second-order valence-corrected chi connectivity index (χ2v) is 5.70. The smallest absolute Gasteiger partial charge is 0.176 e. The summed E-state index contributed by atoms with van der Waals surface area (Å²) in [7, 11) is 0. The lowest BCUT2D eigenvalue weighted by atomic mass is 9.76. The zero-order valence-electron chi connectivity index (χ0n) is 9.95. The molecule has 88 valence electrons. The summed E-state index contributed by atoms with van der Waals surface area (Å²) in [4.78, 5) is 13.3. The Balaban J connectivity index is 2.06. The second-order valence-electron chi connectivity index (χ2n) is 4.75. The van der Waals surface area contributed by atoms with E-state index in [0.29, 0.717) is 11.7 Å². The molecule has 0 radical (unpaired) electrons. The molecule has 1 aliphatic rings. The van der Waals surface area contributed by atoms with E-state index >= 15 is 0 Å². The quantitative estimate of drug-likeness (QED) is 0.702. The topological polar surface area (TPSA) is 17.1 Å². The van der Waals surface area contributed by atoms with Gasteiger partial charge in [0, 0.05) is 5.92 Å². The predicted octanol–water partition coefficient (Wildman–Crippen LogP) is 4.54. The van der Waals surface area contributed by atoms with Crippen LogP contribution >= 0.6 is 11.3 Å². The molecule has 2 heteroatoms. The van der Waals surface area contributed by atoms with Crippen LogP contribution in [0.1, 0.15) is 55.1 Å². The van der Waals surface area contributed by atoms with Crippen LogP contribution in [-0.2, 0) is 0 Å². The highest BCUT2D eigenvalue weighted by Crippen LogP contribution is 2.34. The van der Waals surface area contributed by atoms with Crippen LogP contribution in [0, 0.1) is 11.8 Å². The van der Waals surface area contributed by atoms with Crippen molar-refractivity contribution in [1.82, 2.24) is 0 Å². The lowest BCUT2D eigenvalue weighted by molar-refractivity contribution is 0.0844. The van der Waals surface area contributed by atoms with Crippen molar-refractivity contribution in [3.63, 3.8) is 0 Å². The molecule has 1 aromatic heterocycles. The molecule has 0 aliphatic heterocycles.